The second-order valence-corrected chi connectivity index (χ2v) is 10.8. The van der Waals surface area contributed by atoms with Gasteiger partial charge < -0.3 is 14.6 Å². The van der Waals surface area contributed by atoms with Crippen LogP contribution in [0.25, 0.3) is 0 Å². The van der Waals surface area contributed by atoms with Gasteiger partial charge in [-0.3, -0.25) is 4.79 Å². The normalized spacial score (nSPS) is 27.7. The molecule has 190 valence electrons. The molecule has 3 aliphatic rings. The summed E-state index contributed by atoms with van der Waals surface area (Å²) in [6, 6.07) is 1.76. The highest BCUT2D eigenvalue weighted by Gasteiger charge is 2.44. The smallest absolute Gasteiger partial charge is 0.328 e. The molecule has 1 saturated heterocycles. The molecule has 0 aromatic heterocycles. The van der Waals surface area contributed by atoms with Crippen LogP contribution in [-0.2, 0) is 14.3 Å². The maximum absolute atomic E-state index is 10.9. The van der Waals surface area contributed by atoms with E-state index in [4.69, 9.17) is 19.8 Å². The van der Waals surface area contributed by atoms with Crippen LogP contribution in [0.2, 0.25) is 0 Å². The van der Waals surface area contributed by atoms with Crippen molar-refractivity contribution in [1.29, 1.82) is 5.26 Å². The van der Waals surface area contributed by atoms with Gasteiger partial charge in [-0.15, -0.1) is 0 Å². The monoisotopic (exact) mass is 463 g/mol. The quantitative estimate of drug-likeness (QED) is 0.337. The Kier molecular flexibility index (Phi) is 12.8. The average molecular weight is 464 g/mol. The van der Waals surface area contributed by atoms with E-state index in [2.05, 4.69) is 13.8 Å². The molecule has 0 aromatic carbocycles. The molecule has 0 spiro atoms. The van der Waals surface area contributed by atoms with Crippen LogP contribution in [-0.4, -0.2) is 30.6 Å². The number of rotatable bonds is 10. The molecular formula is C28H49NO4. The number of hydrogen-bond donors (Lipinski definition) is 1. The second kappa shape index (κ2) is 15.0. The van der Waals surface area contributed by atoms with Gasteiger partial charge >= 0.3 is 5.97 Å². The lowest BCUT2D eigenvalue weighted by Crippen LogP contribution is -2.46. The number of nitriles is 1. The Bertz CT molecular complexity index is 579. The van der Waals surface area contributed by atoms with Gasteiger partial charge in [0.15, 0.2) is 6.29 Å². The van der Waals surface area contributed by atoms with Crippen molar-refractivity contribution in [3.8, 4) is 6.07 Å². The maximum Gasteiger partial charge on any atom is 0.328 e. The second-order valence-electron chi connectivity index (χ2n) is 10.8. The van der Waals surface area contributed by atoms with Crippen molar-refractivity contribution in [2.75, 3.05) is 13.2 Å². The van der Waals surface area contributed by atoms with E-state index in [1.807, 2.05) is 0 Å². The summed E-state index contributed by atoms with van der Waals surface area (Å²) >= 11 is 0. The molecule has 0 radical (unpaired) electrons. The van der Waals surface area contributed by atoms with Crippen molar-refractivity contribution in [2.24, 2.45) is 16.7 Å². The number of hydrogen-bond acceptors (Lipinski definition) is 4. The summed E-state index contributed by atoms with van der Waals surface area (Å²) < 4.78 is 10.5. The highest BCUT2D eigenvalue weighted by Crippen LogP contribution is 2.51. The number of carboxylic acids is 1. The summed E-state index contributed by atoms with van der Waals surface area (Å²) in [5, 5.41) is 17.7. The summed E-state index contributed by atoms with van der Waals surface area (Å²) in [5.41, 5.74) is -0.727. The molecule has 0 aromatic rings. The molecule has 0 atom stereocenters. The van der Waals surface area contributed by atoms with Crippen LogP contribution in [0.5, 0.6) is 0 Å². The van der Waals surface area contributed by atoms with Crippen molar-refractivity contribution in [1.82, 2.24) is 0 Å². The third-order valence-electron chi connectivity index (χ3n) is 8.30. The van der Waals surface area contributed by atoms with Crippen molar-refractivity contribution in [2.45, 2.75) is 136 Å². The van der Waals surface area contributed by atoms with E-state index in [1.54, 1.807) is 38.2 Å². The molecule has 0 bridgehead atoms. The van der Waals surface area contributed by atoms with Crippen molar-refractivity contribution >= 4 is 5.97 Å². The largest absolute Gasteiger partial charge is 0.480 e. The average Bonchev–Trinajstić information content (AvgIpc) is 2.86. The zero-order valence-corrected chi connectivity index (χ0v) is 21.4. The number of carbonyl (C=O) groups is 1. The Hall–Kier alpha value is -1.12. The van der Waals surface area contributed by atoms with Crippen LogP contribution in [0.4, 0.5) is 0 Å². The Morgan fingerprint density at radius 1 is 0.909 bits per heavy atom. The molecule has 1 aliphatic heterocycles. The Balaban J connectivity index is 0.000000234. The lowest BCUT2D eigenvalue weighted by Gasteiger charge is -2.46. The van der Waals surface area contributed by atoms with Crippen LogP contribution in [0.1, 0.15) is 129 Å². The molecule has 2 saturated carbocycles. The standard InChI is InChI=1S/C17H32.C11H17NO4/c1-2-3-8-13-17(14-9-5-10-15-17)16-11-6-4-7-12-16;1-2-3-4-5-9-15-7-11(6-12,8-16-9)10(13)14/h16H,2-15H2,1H3;9H,2-5,7-8H2,1H3,(H,13,14)/t;9-,11+. The van der Waals surface area contributed by atoms with E-state index in [1.165, 1.54) is 57.8 Å². The summed E-state index contributed by atoms with van der Waals surface area (Å²) in [6.45, 7) is 4.27. The molecule has 5 nitrogen and oxygen atoms in total. The van der Waals surface area contributed by atoms with Gasteiger partial charge in [0.1, 0.15) is 0 Å². The fraction of sp³-hybridized carbons (Fsp3) is 0.929. The van der Waals surface area contributed by atoms with Gasteiger partial charge in [-0.1, -0.05) is 84.5 Å². The highest BCUT2D eigenvalue weighted by atomic mass is 16.7. The van der Waals surface area contributed by atoms with Gasteiger partial charge in [0.2, 0.25) is 5.41 Å². The molecule has 0 amide bonds. The SMILES string of the molecule is CCCCCC1(C2CCCCC2)CCCCC1.CCCCC[C@H]1OC[C@@](C#N)(C(=O)O)CO1. The predicted molar refractivity (Wildman–Crippen MR) is 132 cm³/mol. The number of nitrogens with zero attached hydrogens (tertiary/aromatic N) is 1. The first-order chi connectivity index (χ1) is 16.0. The summed E-state index contributed by atoms with van der Waals surface area (Å²) in [4.78, 5) is 10.9. The zero-order valence-electron chi connectivity index (χ0n) is 21.4. The maximum atomic E-state index is 10.9. The van der Waals surface area contributed by atoms with Crippen LogP contribution in [0.15, 0.2) is 0 Å². The van der Waals surface area contributed by atoms with Gasteiger partial charge in [-0.05, 0) is 56.3 Å². The third-order valence-corrected chi connectivity index (χ3v) is 8.30. The van der Waals surface area contributed by atoms with Gasteiger partial charge in [0.25, 0.3) is 0 Å². The number of carboxylic acid groups (broad SMARTS) is 1. The fourth-order valence-corrected chi connectivity index (χ4v) is 6.08. The summed E-state index contributed by atoms with van der Waals surface area (Å²) in [6.07, 6.45) is 25.0. The van der Waals surface area contributed by atoms with Gasteiger partial charge in [-0.25, -0.2) is 0 Å². The molecule has 1 N–H and O–H groups in total. The summed E-state index contributed by atoms with van der Waals surface area (Å²) in [7, 11) is 0. The first-order valence-corrected chi connectivity index (χ1v) is 13.9. The minimum atomic E-state index is -1.53. The fourth-order valence-electron chi connectivity index (χ4n) is 6.08. The molecule has 5 heteroatoms. The van der Waals surface area contributed by atoms with E-state index in [-0.39, 0.29) is 19.5 Å². The van der Waals surface area contributed by atoms with Crippen LogP contribution in [0, 0.1) is 28.1 Å². The lowest BCUT2D eigenvalue weighted by molar-refractivity contribution is -0.224. The van der Waals surface area contributed by atoms with Crippen LogP contribution < -0.4 is 0 Å². The molecule has 2 aliphatic carbocycles. The molecule has 33 heavy (non-hydrogen) atoms. The zero-order chi connectivity index (χ0) is 24.0. The van der Waals surface area contributed by atoms with Gasteiger partial charge in [0, 0.05) is 0 Å². The van der Waals surface area contributed by atoms with E-state index in [9.17, 15) is 4.79 Å². The molecule has 3 rings (SSSR count). The Morgan fingerprint density at radius 2 is 1.48 bits per heavy atom. The van der Waals surface area contributed by atoms with Crippen LogP contribution >= 0.6 is 0 Å². The molecule has 1 heterocycles. The number of aliphatic carboxylic acids is 1. The number of unbranched alkanes of at least 4 members (excludes halogenated alkanes) is 4. The summed E-state index contributed by atoms with van der Waals surface area (Å²) in [5.74, 6) is -0.0737. The molecular weight excluding hydrogens is 414 g/mol. The van der Waals surface area contributed by atoms with Crippen molar-refractivity contribution in [3.63, 3.8) is 0 Å². The van der Waals surface area contributed by atoms with Crippen molar-refractivity contribution in [3.05, 3.63) is 0 Å². The minimum Gasteiger partial charge on any atom is -0.480 e. The van der Waals surface area contributed by atoms with Crippen LogP contribution in [0.3, 0.4) is 0 Å². The van der Waals surface area contributed by atoms with Gasteiger partial charge in [0.05, 0.1) is 19.3 Å². The molecule has 3 fully saturated rings. The lowest BCUT2D eigenvalue weighted by atomic mass is 9.60. The molecule has 0 unspecified atom stereocenters. The minimum absolute atomic E-state index is 0.0877. The van der Waals surface area contributed by atoms with Crippen molar-refractivity contribution < 1.29 is 19.4 Å². The number of ether oxygens (including phenoxy) is 2. The Morgan fingerprint density at radius 3 is 2.03 bits per heavy atom. The topological polar surface area (TPSA) is 79.5 Å². The first kappa shape index (κ1) is 28.1. The Labute approximate surface area is 202 Å². The first-order valence-electron chi connectivity index (χ1n) is 13.9. The third kappa shape index (κ3) is 8.55. The van der Waals surface area contributed by atoms with E-state index in [0.29, 0.717) is 0 Å². The predicted octanol–water partition coefficient (Wildman–Crippen LogP) is 7.63. The van der Waals surface area contributed by atoms with Gasteiger partial charge in [-0.2, -0.15) is 5.26 Å². The van der Waals surface area contributed by atoms with E-state index in [0.717, 1.165) is 37.0 Å². The van der Waals surface area contributed by atoms with E-state index >= 15 is 0 Å². The highest BCUT2D eigenvalue weighted by molar-refractivity contribution is 5.78. The van der Waals surface area contributed by atoms with E-state index < -0.39 is 11.4 Å².